The maximum Gasteiger partial charge on any atom is 0.122 e. The van der Waals surface area contributed by atoms with Gasteiger partial charge >= 0.3 is 0 Å². The summed E-state index contributed by atoms with van der Waals surface area (Å²) in [6.07, 6.45) is 1.62. The van der Waals surface area contributed by atoms with Gasteiger partial charge in [-0.1, -0.05) is 65.3 Å². The highest BCUT2D eigenvalue weighted by Gasteiger charge is 2.25. The van der Waals surface area contributed by atoms with Crippen molar-refractivity contribution in [3.05, 3.63) is 62.8 Å². The molecular formula is C24H31ClN2O. The highest BCUT2D eigenvalue weighted by atomic mass is 35.5. The molecular weight excluding hydrogens is 368 g/mol. The van der Waals surface area contributed by atoms with E-state index in [-0.39, 0.29) is 16.9 Å². The fourth-order valence-electron chi connectivity index (χ4n) is 3.54. The summed E-state index contributed by atoms with van der Waals surface area (Å²) >= 11 is 6.10. The third kappa shape index (κ3) is 4.57. The minimum absolute atomic E-state index is 0.0304. The summed E-state index contributed by atoms with van der Waals surface area (Å²) in [7, 11) is 0. The summed E-state index contributed by atoms with van der Waals surface area (Å²) < 4.78 is 0. The Labute approximate surface area is 173 Å². The molecule has 0 saturated heterocycles. The second-order valence-corrected chi connectivity index (χ2v) is 10.3. The van der Waals surface area contributed by atoms with Gasteiger partial charge in [-0.15, -0.1) is 0 Å². The van der Waals surface area contributed by atoms with Crippen LogP contribution in [-0.2, 0) is 17.3 Å². The largest absolute Gasteiger partial charge is 0.507 e. The van der Waals surface area contributed by atoms with Gasteiger partial charge in [-0.3, -0.25) is 9.98 Å². The lowest BCUT2D eigenvalue weighted by atomic mass is 9.78. The van der Waals surface area contributed by atoms with Gasteiger partial charge in [0.05, 0.1) is 23.3 Å². The van der Waals surface area contributed by atoms with E-state index in [0.29, 0.717) is 17.3 Å². The molecule has 1 atom stereocenters. The Balaban J connectivity index is 1.90. The molecule has 4 heteroatoms. The quantitative estimate of drug-likeness (QED) is 0.785. The Morgan fingerprint density at radius 3 is 2.36 bits per heavy atom. The van der Waals surface area contributed by atoms with E-state index in [0.717, 1.165) is 34.7 Å². The molecule has 0 amide bonds. The second kappa shape index (κ2) is 7.51. The Kier molecular flexibility index (Phi) is 5.60. The normalized spacial score (nSPS) is 16.9. The number of nitrogens with zero attached hydrogens (tertiary/aromatic N) is 2. The van der Waals surface area contributed by atoms with Crippen molar-refractivity contribution >= 4 is 11.6 Å². The van der Waals surface area contributed by atoms with E-state index in [4.69, 9.17) is 16.6 Å². The molecule has 3 nitrogen and oxygen atoms in total. The lowest BCUT2D eigenvalue weighted by Gasteiger charge is -2.28. The zero-order chi connectivity index (χ0) is 20.7. The van der Waals surface area contributed by atoms with E-state index in [2.05, 4.69) is 58.7 Å². The second-order valence-electron chi connectivity index (χ2n) is 9.83. The van der Waals surface area contributed by atoms with Gasteiger partial charge in [0.2, 0.25) is 0 Å². The Bertz CT molecular complexity index is 997. The average Bonchev–Trinajstić information content (AvgIpc) is 2.58. The Morgan fingerprint density at radius 1 is 1.00 bits per heavy atom. The van der Waals surface area contributed by atoms with Gasteiger partial charge < -0.3 is 5.11 Å². The van der Waals surface area contributed by atoms with Gasteiger partial charge in [0, 0.05) is 5.02 Å². The number of halogens is 1. The van der Waals surface area contributed by atoms with E-state index in [1.807, 2.05) is 18.2 Å². The molecule has 0 spiro atoms. The number of phenolic OH excluding ortho intramolecular Hbond substituents is 1. The number of rotatable bonds is 3. The molecule has 0 fully saturated rings. The van der Waals surface area contributed by atoms with Crippen LogP contribution in [0.1, 0.15) is 64.7 Å². The van der Waals surface area contributed by atoms with Crippen LogP contribution in [-0.4, -0.2) is 17.7 Å². The fourth-order valence-corrected chi connectivity index (χ4v) is 3.71. The van der Waals surface area contributed by atoms with E-state index in [9.17, 15) is 5.11 Å². The Hall–Kier alpha value is -1.87. The van der Waals surface area contributed by atoms with Crippen LogP contribution in [0.4, 0.5) is 0 Å². The van der Waals surface area contributed by atoms with Crippen molar-refractivity contribution < 1.29 is 5.11 Å². The Morgan fingerprint density at radius 2 is 1.71 bits per heavy atom. The lowest BCUT2D eigenvalue weighted by Crippen LogP contribution is -2.33. The molecule has 1 heterocycles. The molecule has 150 valence electrons. The third-order valence-corrected chi connectivity index (χ3v) is 5.58. The van der Waals surface area contributed by atoms with Gasteiger partial charge in [0.1, 0.15) is 5.75 Å². The molecule has 0 saturated carbocycles. The average molecular weight is 399 g/mol. The zero-order valence-electron chi connectivity index (χ0n) is 17.8. The summed E-state index contributed by atoms with van der Waals surface area (Å²) in [6, 6.07) is 10.1. The monoisotopic (exact) mass is 398 g/mol. The predicted octanol–water partition coefficient (Wildman–Crippen LogP) is 4.89. The van der Waals surface area contributed by atoms with Gasteiger partial charge in [0.15, 0.2) is 0 Å². The van der Waals surface area contributed by atoms with Crippen LogP contribution in [0.3, 0.4) is 0 Å². The molecule has 1 aliphatic rings. The van der Waals surface area contributed by atoms with Gasteiger partial charge in [-0.25, -0.2) is 0 Å². The summed E-state index contributed by atoms with van der Waals surface area (Å²) in [5.41, 5.74) is 3.19. The van der Waals surface area contributed by atoms with E-state index in [1.54, 1.807) is 0 Å². The maximum atomic E-state index is 11.0. The SMILES string of the molecule is CC(C)(C)c1cc(CC[C@H]2CN=c3ccc(Cl)cc3=N2)c(O)c(C(C)(C)C)c1. The van der Waals surface area contributed by atoms with Crippen molar-refractivity contribution in [2.24, 2.45) is 9.98 Å². The molecule has 2 aromatic carbocycles. The topological polar surface area (TPSA) is 45.0 Å². The third-order valence-electron chi connectivity index (χ3n) is 5.34. The van der Waals surface area contributed by atoms with Crippen LogP contribution in [0.2, 0.25) is 5.02 Å². The summed E-state index contributed by atoms with van der Waals surface area (Å²) in [5.74, 6) is 0.427. The first kappa shape index (κ1) is 20.9. The first-order valence-electron chi connectivity index (χ1n) is 10.00. The minimum atomic E-state index is -0.111. The van der Waals surface area contributed by atoms with Crippen molar-refractivity contribution in [1.82, 2.24) is 0 Å². The zero-order valence-corrected chi connectivity index (χ0v) is 18.6. The predicted molar refractivity (Wildman–Crippen MR) is 116 cm³/mol. The molecule has 28 heavy (non-hydrogen) atoms. The minimum Gasteiger partial charge on any atom is -0.507 e. The van der Waals surface area contributed by atoms with Gasteiger partial charge in [-0.2, -0.15) is 0 Å². The standard InChI is InChI=1S/C24H31ClN2O/c1-23(2,3)16-11-15(22(28)19(12-16)24(4,5)6)7-9-18-14-26-20-10-8-17(25)13-21(20)27-18/h8,10-13,18,28H,7,9,14H2,1-6H3/t18-/m0/s1. The van der Waals surface area contributed by atoms with Crippen molar-refractivity contribution in [3.8, 4) is 5.75 Å². The maximum absolute atomic E-state index is 11.0. The molecule has 0 radical (unpaired) electrons. The van der Waals surface area contributed by atoms with Crippen LogP contribution in [0, 0.1) is 0 Å². The summed E-state index contributed by atoms with van der Waals surface area (Å²) in [5, 5.41) is 13.4. The van der Waals surface area contributed by atoms with Crippen LogP contribution in [0.5, 0.6) is 5.75 Å². The lowest BCUT2D eigenvalue weighted by molar-refractivity contribution is 0.435. The van der Waals surface area contributed by atoms with Gasteiger partial charge in [0.25, 0.3) is 0 Å². The molecule has 3 rings (SSSR count). The number of phenols is 1. The molecule has 0 aromatic heterocycles. The van der Waals surface area contributed by atoms with Gasteiger partial charge in [-0.05, 0) is 58.6 Å². The van der Waals surface area contributed by atoms with Crippen molar-refractivity contribution in [1.29, 1.82) is 0 Å². The smallest absolute Gasteiger partial charge is 0.122 e. The van der Waals surface area contributed by atoms with E-state index < -0.39 is 0 Å². The molecule has 0 aliphatic carbocycles. The number of hydrogen-bond donors (Lipinski definition) is 1. The number of aromatic hydroxyl groups is 1. The first-order valence-corrected chi connectivity index (χ1v) is 10.4. The number of benzene rings is 2. The summed E-state index contributed by atoms with van der Waals surface area (Å²) in [6.45, 7) is 13.8. The number of fused-ring (bicyclic) bond motifs is 1. The molecule has 2 aromatic rings. The van der Waals surface area contributed by atoms with E-state index in [1.165, 1.54) is 5.56 Å². The first-order chi connectivity index (χ1) is 12.9. The number of aryl methyl sites for hydroxylation is 1. The van der Waals surface area contributed by atoms with Crippen LogP contribution < -0.4 is 10.7 Å². The molecule has 1 N–H and O–H groups in total. The fraction of sp³-hybridized carbons (Fsp3) is 0.500. The summed E-state index contributed by atoms with van der Waals surface area (Å²) in [4.78, 5) is 9.48. The van der Waals surface area contributed by atoms with Crippen LogP contribution in [0.15, 0.2) is 40.3 Å². The van der Waals surface area contributed by atoms with Crippen molar-refractivity contribution in [2.45, 2.75) is 71.3 Å². The highest BCUT2D eigenvalue weighted by molar-refractivity contribution is 6.30. The molecule has 0 unspecified atom stereocenters. The van der Waals surface area contributed by atoms with Crippen LogP contribution >= 0.6 is 11.6 Å². The molecule has 1 aliphatic heterocycles. The van der Waals surface area contributed by atoms with Crippen molar-refractivity contribution in [2.75, 3.05) is 6.54 Å². The number of hydrogen-bond acceptors (Lipinski definition) is 3. The van der Waals surface area contributed by atoms with Crippen molar-refractivity contribution in [3.63, 3.8) is 0 Å². The van der Waals surface area contributed by atoms with E-state index >= 15 is 0 Å². The van der Waals surface area contributed by atoms with Crippen LogP contribution in [0.25, 0.3) is 0 Å². The molecule has 0 bridgehead atoms. The highest BCUT2D eigenvalue weighted by Crippen LogP contribution is 2.38.